The molecule has 0 unspecified atom stereocenters. The molecule has 2 rings (SSSR count). The molecule has 6 heteroatoms. The van der Waals surface area contributed by atoms with Crippen molar-refractivity contribution in [3.05, 3.63) is 23.8 Å². The highest BCUT2D eigenvalue weighted by Crippen LogP contribution is 2.27. The lowest BCUT2D eigenvalue weighted by atomic mass is 10.1. The Kier molecular flexibility index (Phi) is 3.89. The van der Waals surface area contributed by atoms with Crippen molar-refractivity contribution >= 4 is 17.5 Å². The van der Waals surface area contributed by atoms with Gasteiger partial charge in [-0.15, -0.1) is 0 Å². The van der Waals surface area contributed by atoms with Crippen LogP contribution in [0.2, 0.25) is 0 Å². The first kappa shape index (κ1) is 13.2. The van der Waals surface area contributed by atoms with Crippen molar-refractivity contribution in [1.82, 2.24) is 10.2 Å². The number of rotatable bonds is 3. The van der Waals surface area contributed by atoms with Gasteiger partial charge >= 0.3 is 0 Å². The van der Waals surface area contributed by atoms with Crippen LogP contribution in [0.4, 0.5) is 5.69 Å². The number of nitrogens with zero attached hydrogens (tertiary/aromatic N) is 1. The predicted octanol–water partition coefficient (Wildman–Crippen LogP) is 0.240. The number of para-hydroxylation sites is 1. The first-order valence-electron chi connectivity index (χ1n) is 6.20. The Bertz CT molecular complexity index is 502. The summed E-state index contributed by atoms with van der Waals surface area (Å²) in [6, 6.07) is 5.05. The van der Waals surface area contributed by atoms with E-state index in [0.29, 0.717) is 36.7 Å². The second-order valence-corrected chi connectivity index (χ2v) is 4.23. The molecule has 0 aromatic heterocycles. The molecule has 1 fully saturated rings. The van der Waals surface area contributed by atoms with Gasteiger partial charge in [0, 0.05) is 13.1 Å². The van der Waals surface area contributed by atoms with E-state index in [0.717, 1.165) is 0 Å². The van der Waals surface area contributed by atoms with Gasteiger partial charge in [0.2, 0.25) is 5.91 Å². The highest BCUT2D eigenvalue weighted by molar-refractivity contribution is 6.00. The van der Waals surface area contributed by atoms with Gasteiger partial charge in [0.1, 0.15) is 0 Å². The number of carbonyl (C=O) groups excluding carboxylic acids is 2. The number of piperazine rings is 1. The Morgan fingerprint density at radius 3 is 3.00 bits per heavy atom. The number of nitrogen functional groups attached to an aromatic ring is 1. The van der Waals surface area contributed by atoms with E-state index in [4.69, 9.17) is 10.5 Å². The van der Waals surface area contributed by atoms with Crippen molar-refractivity contribution in [1.29, 1.82) is 0 Å². The highest BCUT2D eigenvalue weighted by Gasteiger charge is 2.25. The number of carbonyl (C=O) groups is 2. The SMILES string of the molecule is CCOc1c(N)cccc1C(=O)N1CCNC(=O)C1. The third kappa shape index (κ3) is 2.78. The standard InChI is InChI=1S/C13H17N3O3/c1-2-19-12-9(4-3-5-10(12)14)13(18)16-7-6-15-11(17)8-16/h3-5H,2,6-8,14H2,1H3,(H,15,17). The Morgan fingerprint density at radius 1 is 1.53 bits per heavy atom. The molecule has 1 aliphatic rings. The molecule has 0 radical (unpaired) electrons. The van der Waals surface area contributed by atoms with Gasteiger partial charge in [-0.05, 0) is 19.1 Å². The summed E-state index contributed by atoms with van der Waals surface area (Å²) in [4.78, 5) is 25.2. The lowest BCUT2D eigenvalue weighted by Crippen LogP contribution is -2.50. The van der Waals surface area contributed by atoms with Crippen LogP contribution in [0.25, 0.3) is 0 Å². The lowest BCUT2D eigenvalue weighted by Gasteiger charge is -2.27. The zero-order valence-electron chi connectivity index (χ0n) is 10.8. The van der Waals surface area contributed by atoms with E-state index in [1.165, 1.54) is 4.90 Å². The normalized spacial score (nSPS) is 15.0. The van der Waals surface area contributed by atoms with E-state index >= 15 is 0 Å². The first-order chi connectivity index (χ1) is 9.13. The summed E-state index contributed by atoms with van der Waals surface area (Å²) in [5, 5.41) is 2.68. The Balaban J connectivity index is 2.27. The van der Waals surface area contributed by atoms with E-state index in [9.17, 15) is 9.59 Å². The molecular formula is C13H17N3O3. The summed E-state index contributed by atoms with van der Waals surface area (Å²) < 4.78 is 5.43. The summed E-state index contributed by atoms with van der Waals surface area (Å²) in [6.07, 6.45) is 0. The van der Waals surface area contributed by atoms with Crippen LogP contribution in [0.1, 0.15) is 17.3 Å². The van der Waals surface area contributed by atoms with Gasteiger partial charge in [-0.3, -0.25) is 9.59 Å². The van der Waals surface area contributed by atoms with Crippen LogP contribution in [0.5, 0.6) is 5.75 Å². The number of benzene rings is 1. The molecule has 0 spiro atoms. The van der Waals surface area contributed by atoms with E-state index in [1.807, 2.05) is 6.92 Å². The molecular weight excluding hydrogens is 246 g/mol. The zero-order chi connectivity index (χ0) is 13.8. The van der Waals surface area contributed by atoms with Crippen molar-refractivity contribution in [2.45, 2.75) is 6.92 Å². The van der Waals surface area contributed by atoms with Gasteiger partial charge in [0.25, 0.3) is 5.91 Å². The molecule has 1 aromatic carbocycles. The number of hydrogen-bond donors (Lipinski definition) is 2. The van der Waals surface area contributed by atoms with Crippen molar-refractivity contribution in [2.24, 2.45) is 0 Å². The smallest absolute Gasteiger partial charge is 0.258 e. The number of nitrogens with one attached hydrogen (secondary N) is 1. The van der Waals surface area contributed by atoms with Crippen LogP contribution in [0, 0.1) is 0 Å². The molecule has 2 amide bonds. The van der Waals surface area contributed by atoms with Crippen molar-refractivity contribution in [2.75, 3.05) is 32.0 Å². The molecule has 0 bridgehead atoms. The van der Waals surface area contributed by atoms with Crippen LogP contribution in [-0.4, -0.2) is 43.0 Å². The monoisotopic (exact) mass is 263 g/mol. The maximum absolute atomic E-state index is 12.4. The van der Waals surface area contributed by atoms with Crippen LogP contribution in [0.15, 0.2) is 18.2 Å². The second-order valence-electron chi connectivity index (χ2n) is 4.23. The summed E-state index contributed by atoms with van der Waals surface area (Å²) >= 11 is 0. The topological polar surface area (TPSA) is 84.7 Å². The van der Waals surface area contributed by atoms with Gasteiger partial charge in [0.15, 0.2) is 5.75 Å². The van der Waals surface area contributed by atoms with Crippen LogP contribution >= 0.6 is 0 Å². The fourth-order valence-electron chi connectivity index (χ4n) is 2.01. The fourth-order valence-corrected chi connectivity index (χ4v) is 2.01. The number of nitrogens with two attached hydrogens (primary N) is 1. The molecule has 1 aliphatic heterocycles. The number of ether oxygens (including phenoxy) is 1. The average Bonchev–Trinajstić information content (AvgIpc) is 2.40. The summed E-state index contributed by atoms with van der Waals surface area (Å²) in [7, 11) is 0. The van der Waals surface area contributed by atoms with Crippen LogP contribution < -0.4 is 15.8 Å². The number of anilines is 1. The molecule has 1 saturated heterocycles. The molecule has 102 valence electrons. The fraction of sp³-hybridized carbons (Fsp3) is 0.385. The lowest BCUT2D eigenvalue weighted by molar-refractivity contribution is -0.123. The van der Waals surface area contributed by atoms with Crippen molar-refractivity contribution in [3.63, 3.8) is 0 Å². The highest BCUT2D eigenvalue weighted by atomic mass is 16.5. The maximum Gasteiger partial charge on any atom is 0.258 e. The van der Waals surface area contributed by atoms with Crippen molar-refractivity contribution in [3.8, 4) is 5.75 Å². The minimum Gasteiger partial charge on any atom is -0.491 e. The summed E-state index contributed by atoms with van der Waals surface area (Å²) in [6.45, 7) is 3.28. The molecule has 0 atom stereocenters. The molecule has 1 aromatic rings. The molecule has 6 nitrogen and oxygen atoms in total. The van der Waals surface area contributed by atoms with Crippen LogP contribution in [-0.2, 0) is 4.79 Å². The van der Waals surface area contributed by atoms with E-state index in [1.54, 1.807) is 18.2 Å². The van der Waals surface area contributed by atoms with Crippen molar-refractivity contribution < 1.29 is 14.3 Å². The summed E-state index contributed by atoms with van der Waals surface area (Å²) in [5.74, 6) is 0.00745. The minimum absolute atomic E-state index is 0.0686. The largest absolute Gasteiger partial charge is 0.491 e. The van der Waals surface area contributed by atoms with Gasteiger partial charge in [-0.25, -0.2) is 0 Å². The van der Waals surface area contributed by atoms with Gasteiger partial charge in [-0.2, -0.15) is 0 Å². The maximum atomic E-state index is 12.4. The quantitative estimate of drug-likeness (QED) is 0.765. The Hall–Kier alpha value is -2.24. The predicted molar refractivity (Wildman–Crippen MR) is 70.9 cm³/mol. The molecule has 0 saturated carbocycles. The first-order valence-corrected chi connectivity index (χ1v) is 6.20. The number of amides is 2. The van der Waals surface area contributed by atoms with Gasteiger partial charge in [-0.1, -0.05) is 6.07 Å². The third-order valence-corrected chi connectivity index (χ3v) is 2.89. The molecule has 3 N–H and O–H groups in total. The third-order valence-electron chi connectivity index (χ3n) is 2.89. The Morgan fingerprint density at radius 2 is 2.32 bits per heavy atom. The zero-order valence-corrected chi connectivity index (χ0v) is 10.8. The van der Waals surface area contributed by atoms with E-state index in [2.05, 4.69) is 5.32 Å². The average molecular weight is 263 g/mol. The van der Waals surface area contributed by atoms with Gasteiger partial charge in [0.05, 0.1) is 24.4 Å². The van der Waals surface area contributed by atoms with Gasteiger partial charge < -0.3 is 20.7 Å². The second kappa shape index (κ2) is 5.60. The number of hydrogen-bond acceptors (Lipinski definition) is 4. The van der Waals surface area contributed by atoms with E-state index in [-0.39, 0.29) is 18.4 Å². The molecule has 0 aliphatic carbocycles. The molecule has 19 heavy (non-hydrogen) atoms. The summed E-state index contributed by atoms with van der Waals surface area (Å²) in [5.41, 5.74) is 6.65. The van der Waals surface area contributed by atoms with Crippen LogP contribution in [0.3, 0.4) is 0 Å². The molecule has 1 heterocycles. The minimum atomic E-state index is -0.231. The Labute approximate surface area is 111 Å². The van der Waals surface area contributed by atoms with E-state index < -0.39 is 0 Å².